The molecule has 6 nitrogen and oxygen atoms in total. The summed E-state index contributed by atoms with van der Waals surface area (Å²) in [6.45, 7) is 2.46. The van der Waals surface area contributed by atoms with E-state index in [1.807, 2.05) is 18.2 Å². The predicted octanol–water partition coefficient (Wildman–Crippen LogP) is 2.50. The van der Waals surface area contributed by atoms with E-state index in [0.29, 0.717) is 50.6 Å². The molecule has 1 atom stereocenters. The largest absolute Gasteiger partial charge is 0.493 e. The Balaban J connectivity index is 1.23. The number of likely N-dealkylation sites (tertiary alicyclic amines) is 1. The van der Waals surface area contributed by atoms with E-state index in [1.165, 1.54) is 18.1 Å². The number of ether oxygens (including phenoxy) is 1. The number of nitrogens with zero attached hydrogens (tertiary/aromatic N) is 1. The first-order chi connectivity index (χ1) is 13.2. The Morgan fingerprint density at radius 3 is 2.74 bits per heavy atom. The number of rotatable bonds is 4. The standard InChI is InChI=1S/C21H24N2O4/c24-20(22-12-15-11-17-3-1-2-4-19(17)27-13-15)16-5-8-23(9-6-16)21(25)18-7-10-26-14-18/h1-4,7,10,14-16H,5-6,8-9,11-13H2,(H,22,24). The summed E-state index contributed by atoms with van der Waals surface area (Å²) >= 11 is 0. The van der Waals surface area contributed by atoms with Gasteiger partial charge in [-0.2, -0.15) is 0 Å². The summed E-state index contributed by atoms with van der Waals surface area (Å²) in [5.74, 6) is 1.28. The number of benzene rings is 1. The number of piperidine rings is 1. The topological polar surface area (TPSA) is 71.8 Å². The highest BCUT2D eigenvalue weighted by Gasteiger charge is 2.29. The van der Waals surface area contributed by atoms with Gasteiger partial charge in [0.2, 0.25) is 5.91 Å². The molecule has 2 aliphatic heterocycles. The van der Waals surface area contributed by atoms with Gasteiger partial charge in [0.05, 0.1) is 18.4 Å². The highest BCUT2D eigenvalue weighted by atomic mass is 16.5. The maximum absolute atomic E-state index is 12.5. The van der Waals surface area contributed by atoms with Crippen LogP contribution >= 0.6 is 0 Å². The average Bonchev–Trinajstić information content (AvgIpc) is 3.26. The molecule has 3 heterocycles. The van der Waals surface area contributed by atoms with E-state index in [0.717, 1.165) is 12.2 Å². The third-order valence-electron chi connectivity index (χ3n) is 5.44. The number of furan rings is 1. The van der Waals surface area contributed by atoms with Gasteiger partial charge < -0.3 is 19.4 Å². The van der Waals surface area contributed by atoms with E-state index in [4.69, 9.17) is 9.15 Å². The number of amides is 2. The molecular formula is C21H24N2O4. The second-order valence-electron chi connectivity index (χ2n) is 7.31. The van der Waals surface area contributed by atoms with Crippen LogP contribution < -0.4 is 10.1 Å². The van der Waals surface area contributed by atoms with E-state index in [2.05, 4.69) is 11.4 Å². The van der Waals surface area contributed by atoms with Crippen molar-refractivity contribution in [1.29, 1.82) is 0 Å². The number of hydrogen-bond donors (Lipinski definition) is 1. The first kappa shape index (κ1) is 17.6. The summed E-state index contributed by atoms with van der Waals surface area (Å²) in [5, 5.41) is 3.09. The van der Waals surface area contributed by atoms with Crippen molar-refractivity contribution in [3.63, 3.8) is 0 Å². The molecule has 4 rings (SSSR count). The number of nitrogens with one attached hydrogen (secondary N) is 1. The second kappa shape index (κ2) is 7.86. The van der Waals surface area contributed by atoms with Crippen molar-refractivity contribution in [3.05, 3.63) is 54.0 Å². The van der Waals surface area contributed by atoms with E-state index < -0.39 is 0 Å². The van der Waals surface area contributed by atoms with Crippen molar-refractivity contribution >= 4 is 11.8 Å². The van der Waals surface area contributed by atoms with Crippen LogP contribution in [0.2, 0.25) is 0 Å². The third-order valence-corrected chi connectivity index (χ3v) is 5.44. The number of carbonyl (C=O) groups excluding carboxylic acids is 2. The highest BCUT2D eigenvalue weighted by Crippen LogP contribution is 2.26. The van der Waals surface area contributed by atoms with Crippen molar-refractivity contribution in [1.82, 2.24) is 10.2 Å². The van der Waals surface area contributed by atoms with Crippen LogP contribution in [0.4, 0.5) is 0 Å². The van der Waals surface area contributed by atoms with Crippen LogP contribution in [0.1, 0.15) is 28.8 Å². The van der Waals surface area contributed by atoms with Crippen LogP contribution in [0.15, 0.2) is 47.3 Å². The summed E-state index contributed by atoms with van der Waals surface area (Å²) < 4.78 is 10.8. The Morgan fingerprint density at radius 2 is 1.96 bits per heavy atom. The molecule has 1 unspecified atom stereocenters. The lowest BCUT2D eigenvalue weighted by Gasteiger charge is -2.31. The lowest BCUT2D eigenvalue weighted by atomic mass is 9.94. The molecule has 2 aromatic rings. The smallest absolute Gasteiger partial charge is 0.257 e. The fourth-order valence-corrected chi connectivity index (χ4v) is 3.82. The van der Waals surface area contributed by atoms with Gasteiger partial charge in [0.1, 0.15) is 12.0 Å². The number of para-hydroxylation sites is 1. The van der Waals surface area contributed by atoms with Crippen LogP contribution in [-0.2, 0) is 11.2 Å². The molecule has 1 saturated heterocycles. The second-order valence-corrected chi connectivity index (χ2v) is 7.31. The van der Waals surface area contributed by atoms with E-state index in [-0.39, 0.29) is 17.7 Å². The maximum atomic E-state index is 12.5. The number of fused-ring (bicyclic) bond motifs is 1. The van der Waals surface area contributed by atoms with Crippen LogP contribution in [0.5, 0.6) is 5.75 Å². The molecule has 1 N–H and O–H groups in total. The van der Waals surface area contributed by atoms with Crippen LogP contribution in [0.3, 0.4) is 0 Å². The molecule has 27 heavy (non-hydrogen) atoms. The van der Waals surface area contributed by atoms with Crippen LogP contribution in [-0.4, -0.2) is 43.0 Å². The average molecular weight is 368 g/mol. The van der Waals surface area contributed by atoms with Gasteiger partial charge in [0, 0.05) is 31.5 Å². The lowest BCUT2D eigenvalue weighted by molar-refractivity contribution is -0.126. The first-order valence-corrected chi connectivity index (χ1v) is 9.50. The van der Waals surface area contributed by atoms with Crippen LogP contribution in [0, 0.1) is 11.8 Å². The van der Waals surface area contributed by atoms with Crippen molar-refractivity contribution < 1.29 is 18.7 Å². The highest BCUT2D eigenvalue weighted by molar-refractivity contribution is 5.94. The maximum Gasteiger partial charge on any atom is 0.257 e. The van der Waals surface area contributed by atoms with Crippen molar-refractivity contribution in [2.24, 2.45) is 11.8 Å². The molecule has 142 valence electrons. The summed E-state index contributed by atoms with van der Waals surface area (Å²) in [4.78, 5) is 26.6. The van der Waals surface area contributed by atoms with E-state index >= 15 is 0 Å². The zero-order chi connectivity index (χ0) is 18.6. The Morgan fingerprint density at radius 1 is 1.15 bits per heavy atom. The molecule has 0 aliphatic carbocycles. The predicted molar refractivity (Wildman–Crippen MR) is 99.5 cm³/mol. The SMILES string of the molecule is O=C(NCC1COc2ccccc2C1)C1CCN(C(=O)c2ccoc2)CC1. The quantitative estimate of drug-likeness (QED) is 0.900. The third kappa shape index (κ3) is 3.99. The summed E-state index contributed by atoms with van der Waals surface area (Å²) in [6.07, 6.45) is 5.28. The lowest BCUT2D eigenvalue weighted by Crippen LogP contribution is -2.44. The summed E-state index contributed by atoms with van der Waals surface area (Å²) in [7, 11) is 0. The Kier molecular flexibility index (Phi) is 5.14. The molecule has 0 bridgehead atoms. The molecule has 1 fully saturated rings. The van der Waals surface area contributed by atoms with Gasteiger partial charge in [0.15, 0.2) is 0 Å². The molecule has 2 amide bonds. The fourth-order valence-electron chi connectivity index (χ4n) is 3.82. The number of carbonyl (C=O) groups is 2. The van der Waals surface area contributed by atoms with E-state index in [1.54, 1.807) is 11.0 Å². The monoisotopic (exact) mass is 368 g/mol. The zero-order valence-electron chi connectivity index (χ0n) is 15.2. The van der Waals surface area contributed by atoms with Gasteiger partial charge in [-0.3, -0.25) is 9.59 Å². The minimum absolute atomic E-state index is 0.0272. The molecule has 0 spiro atoms. The van der Waals surface area contributed by atoms with Gasteiger partial charge in [-0.1, -0.05) is 18.2 Å². The van der Waals surface area contributed by atoms with Gasteiger partial charge in [0.25, 0.3) is 5.91 Å². The molecular weight excluding hydrogens is 344 g/mol. The van der Waals surface area contributed by atoms with Crippen LogP contribution in [0.25, 0.3) is 0 Å². The molecule has 1 aromatic heterocycles. The van der Waals surface area contributed by atoms with Gasteiger partial charge in [-0.25, -0.2) is 0 Å². The summed E-state index contributed by atoms with van der Waals surface area (Å²) in [6, 6.07) is 9.73. The first-order valence-electron chi connectivity index (χ1n) is 9.50. The van der Waals surface area contributed by atoms with Gasteiger partial charge in [-0.05, 0) is 37.0 Å². The number of hydrogen-bond acceptors (Lipinski definition) is 4. The molecule has 0 saturated carbocycles. The van der Waals surface area contributed by atoms with Crippen molar-refractivity contribution in [3.8, 4) is 5.75 Å². The summed E-state index contributed by atoms with van der Waals surface area (Å²) in [5.41, 5.74) is 1.77. The van der Waals surface area contributed by atoms with Crippen molar-refractivity contribution in [2.75, 3.05) is 26.2 Å². The molecule has 0 radical (unpaired) electrons. The normalized spacial score (nSPS) is 19.9. The zero-order valence-corrected chi connectivity index (χ0v) is 15.2. The molecule has 1 aromatic carbocycles. The van der Waals surface area contributed by atoms with E-state index in [9.17, 15) is 9.59 Å². The minimum Gasteiger partial charge on any atom is -0.493 e. The minimum atomic E-state index is -0.0322. The Hall–Kier alpha value is -2.76. The Bertz CT molecular complexity index is 794. The Labute approximate surface area is 158 Å². The molecule has 2 aliphatic rings. The van der Waals surface area contributed by atoms with Gasteiger partial charge >= 0.3 is 0 Å². The van der Waals surface area contributed by atoms with Gasteiger partial charge in [-0.15, -0.1) is 0 Å². The molecule has 6 heteroatoms. The fraction of sp³-hybridized carbons (Fsp3) is 0.429. The van der Waals surface area contributed by atoms with Crippen molar-refractivity contribution in [2.45, 2.75) is 19.3 Å².